The van der Waals surface area contributed by atoms with E-state index in [1.807, 2.05) is 0 Å². The number of alkyl halides is 3. The smallest absolute Gasteiger partial charge is 0.475 e. The third-order valence-corrected chi connectivity index (χ3v) is 5.83. The molecule has 1 amide bonds. The van der Waals surface area contributed by atoms with Gasteiger partial charge in [0.15, 0.2) is 11.6 Å². The van der Waals surface area contributed by atoms with Gasteiger partial charge < -0.3 is 15.2 Å². The Balaban J connectivity index is 0.000000360. The molecule has 178 valence electrons. The Kier molecular flexibility index (Phi) is 7.71. The van der Waals surface area contributed by atoms with E-state index < -0.39 is 23.8 Å². The largest absolute Gasteiger partial charge is 0.490 e. The van der Waals surface area contributed by atoms with Crippen LogP contribution in [0.25, 0.3) is 0 Å². The number of hydrogen-bond acceptors (Lipinski definition) is 4. The Morgan fingerprint density at radius 2 is 1.78 bits per heavy atom. The van der Waals surface area contributed by atoms with Crippen molar-refractivity contribution >= 4 is 11.9 Å². The van der Waals surface area contributed by atoms with Gasteiger partial charge in [0.1, 0.15) is 6.10 Å². The Morgan fingerprint density at radius 3 is 2.38 bits per heavy atom. The predicted octanol–water partition coefficient (Wildman–Crippen LogP) is 3.25. The van der Waals surface area contributed by atoms with Crippen LogP contribution in [0.5, 0.6) is 0 Å². The number of aliphatic carboxylic acids is 1. The summed E-state index contributed by atoms with van der Waals surface area (Å²) in [5.74, 6) is -3.69. The van der Waals surface area contributed by atoms with Crippen molar-refractivity contribution in [3.05, 3.63) is 35.4 Å². The maximum atomic E-state index is 13.4. The standard InChI is InChI=1S/C19H24F2N2O2.C2HF3O2/c20-14-4-3-13(9-15(14)21)11-23-8-7-17-16(23)5-6-18(25-17)19(24)22-10-12-1-2-12;3-2(4,5)1(6)7/h3-4,9,12,16-18H,1-2,5-8,10-11H2,(H,22,24);(H,6,7)/t16-,17-,18+;/m1./s1. The van der Waals surface area contributed by atoms with E-state index in [2.05, 4.69) is 10.2 Å². The number of halogens is 5. The molecule has 3 aliphatic rings. The van der Waals surface area contributed by atoms with Gasteiger partial charge in [-0.05, 0) is 55.7 Å². The number of likely N-dealkylation sites (tertiary alicyclic amines) is 1. The molecule has 6 nitrogen and oxygen atoms in total. The van der Waals surface area contributed by atoms with Gasteiger partial charge in [-0.25, -0.2) is 13.6 Å². The zero-order valence-corrected chi connectivity index (χ0v) is 17.2. The fourth-order valence-corrected chi connectivity index (χ4v) is 3.96. The fourth-order valence-electron chi connectivity index (χ4n) is 3.96. The highest BCUT2D eigenvalue weighted by atomic mass is 19.4. The lowest BCUT2D eigenvalue weighted by molar-refractivity contribution is -0.192. The zero-order valence-electron chi connectivity index (χ0n) is 17.2. The molecule has 4 rings (SSSR count). The van der Waals surface area contributed by atoms with Gasteiger partial charge in [-0.2, -0.15) is 13.2 Å². The number of hydrogen-bond donors (Lipinski definition) is 2. The molecule has 2 heterocycles. The minimum atomic E-state index is -5.08. The Morgan fingerprint density at radius 1 is 1.09 bits per heavy atom. The summed E-state index contributed by atoms with van der Waals surface area (Å²) >= 11 is 0. The van der Waals surface area contributed by atoms with Crippen molar-refractivity contribution < 1.29 is 41.4 Å². The van der Waals surface area contributed by atoms with Gasteiger partial charge in [-0.1, -0.05) is 6.07 Å². The Hall–Kier alpha value is -2.27. The average Bonchev–Trinajstić information content (AvgIpc) is 3.48. The number of carbonyl (C=O) groups excluding carboxylic acids is 1. The number of benzene rings is 1. The average molecular weight is 464 g/mol. The molecule has 3 atom stereocenters. The summed E-state index contributed by atoms with van der Waals surface area (Å²) in [7, 11) is 0. The van der Waals surface area contributed by atoms with Crippen molar-refractivity contribution in [3.8, 4) is 0 Å². The molecule has 0 unspecified atom stereocenters. The van der Waals surface area contributed by atoms with E-state index >= 15 is 0 Å². The SMILES string of the molecule is O=C(NCC1CC1)[C@@H]1CC[C@@H]2[C@@H](CCN2Cc2ccc(F)c(F)c2)O1.O=C(O)C(F)(F)F. The molecule has 32 heavy (non-hydrogen) atoms. The normalized spacial score (nSPS) is 25.5. The maximum Gasteiger partial charge on any atom is 0.490 e. The van der Waals surface area contributed by atoms with Gasteiger partial charge in [0, 0.05) is 25.7 Å². The van der Waals surface area contributed by atoms with Crippen LogP contribution in [0.4, 0.5) is 22.0 Å². The summed E-state index contributed by atoms with van der Waals surface area (Å²) < 4.78 is 64.3. The molecule has 2 aliphatic heterocycles. The highest BCUT2D eigenvalue weighted by molar-refractivity contribution is 5.80. The van der Waals surface area contributed by atoms with Crippen molar-refractivity contribution in [3.63, 3.8) is 0 Å². The van der Waals surface area contributed by atoms with E-state index in [1.165, 1.54) is 25.0 Å². The number of carboxylic acid groups (broad SMARTS) is 1. The third kappa shape index (κ3) is 6.61. The second-order valence-electron chi connectivity index (χ2n) is 8.31. The van der Waals surface area contributed by atoms with Gasteiger partial charge in [0.05, 0.1) is 6.10 Å². The van der Waals surface area contributed by atoms with Gasteiger partial charge in [-0.15, -0.1) is 0 Å². The van der Waals surface area contributed by atoms with Gasteiger partial charge >= 0.3 is 12.1 Å². The van der Waals surface area contributed by atoms with Crippen LogP contribution in [0.3, 0.4) is 0 Å². The second kappa shape index (κ2) is 10.1. The lowest BCUT2D eigenvalue weighted by atomic mass is 9.98. The molecule has 0 aromatic heterocycles. The molecule has 3 fully saturated rings. The van der Waals surface area contributed by atoms with E-state index in [4.69, 9.17) is 14.6 Å². The topological polar surface area (TPSA) is 78.9 Å². The maximum absolute atomic E-state index is 13.4. The summed E-state index contributed by atoms with van der Waals surface area (Å²) in [5, 5.41) is 10.1. The highest BCUT2D eigenvalue weighted by Crippen LogP contribution is 2.33. The van der Waals surface area contributed by atoms with Crippen molar-refractivity contribution in [2.75, 3.05) is 13.1 Å². The highest BCUT2D eigenvalue weighted by Gasteiger charge is 2.42. The van der Waals surface area contributed by atoms with Gasteiger partial charge in [0.25, 0.3) is 0 Å². The van der Waals surface area contributed by atoms with Gasteiger partial charge in [-0.3, -0.25) is 9.69 Å². The molecule has 1 aromatic carbocycles. The first kappa shape index (κ1) is 24.4. The number of fused-ring (bicyclic) bond motifs is 1. The molecule has 2 saturated heterocycles. The summed E-state index contributed by atoms with van der Waals surface area (Å²) in [6.45, 7) is 2.21. The molecule has 1 aromatic rings. The number of ether oxygens (including phenoxy) is 1. The minimum Gasteiger partial charge on any atom is -0.475 e. The number of rotatable bonds is 5. The van der Waals surface area contributed by atoms with Crippen LogP contribution in [-0.4, -0.2) is 59.4 Å². The molecule has 0 bridgehead atoms. The zero-order chi connectivity index (χ0) is 23.5. The molecule has 2 N–H and O–H groups in total. The third-order valence-electron chi connectivity index (χ3n) is 5.83. The summed E-state index contributed by atoms with van der Waals surface area (Å²) in [5.41, 5.74) is 0.767. The summed E-state index contributed by atoms with van der Waals surface area (Å²) in [4.78, 5) is 23.4. The number of nitrogens with one attached hydrogen (secondary N) is 1. The number of nitrogens with zero attached hydrogens (tertiary/aromatic N) is 1. The van der Waals surface area contributed by atoms with Crippen LogP contribution in [0.15, 0.2) is 18.2 Å². The number of carbonyl (C=O) groups is 2. The molecular formula is C21H25F5N2O4. The molecule has 1 saturated carbocycles. The van der Waals surface area contributed by atoms with Crippen LogP contribution >= 0.6 is 0 Å². The van der Waals surface area contributed by atoms with E-state index in [0.717, 1.165) is 31.5 Å². The Bertz CT molecular complexity index is 831. The van der Waals surface area contributed by atoms with E-state index in [1.54, 1.807) is 6.07 Å². The lowest BCUT2D eigenvalue weighted by Gasteiger charge is -2.35. The minimum absolute atomic E-state index is 0.0180. The predicted molar refractivity (Wildman–Crippen MR) is 102 cm³/mol. The molecule has 1 aliphatic carbocycles. The molecule has 0 radical (unpaired) electrons. The monoisotopic (exact) mass is 464 g/mol. The van der Waals surface area contributed by atoms with Gasteiger partial charge in [0.2, 0.25) is 5.91 Å². The van der Waals surface area contributed by atoms with Crippen LogP contribution in [0.1, 0.15) is 37.7 Å². The van der Waals surface area contributed by atoms with Crippen LogP contribution in [0.2, 0.25) is 0 Å². The summed E-state index contributed by atoms with van der Waals surface area (Å²) in [6, 6.07) is 4.32. The molecule has 0 spiro atoms. The van der Waals surface area contributed by atoms with Crippen LogP contribution < -0.4 is 5.32 Å². The summed E-state index contributed by atoms with van der Waals surface area (Å²) in [6.07, 6.45) is -0.452. The quantitative estimate of drug-likeness (QED) is 0.655. The van der Waals surface area contributed by atoms with Crippen molar-refractivity contribution in [2.24, 2.45) is 5.92 Å². The van der Waals surface area contributed by atoms with Crippen molar-refractivity contribution in [1.29, 1.82) is 0 Å². The number of carboxylic acids is 1. The number of amides is 1. The second-order valence-corrected chi connectivity index (χ2v) is 8.31. The molecular weight excluding hydrogens is 439 g/mol. The first-order chi connectivity index (χ1) is 15.0. The van der Waals surface area contributed by atoms with Crippen LogP contribution in [-0.2, 0) is 20.9 Å². The Labute approximate surface area is 181 Å². The molecule has 11 heteroatoms. The van der Waals surface area contributed by atoms with E-state index in [0.29, 0.717) is 18.9 Å². The van der Waals surface area contributed by atoms with Crippen molar-refractivity contribution in [1.82, 2.24) is 10.2 Å². The lowest BCUT2D eigenvalue weighted by Crippen LogP contribution is -2.47. The first-order valence-corrected chi connectivity index (χ1v) is 10.5. The fraction of sp³-hybridized carbons (Fsp3) is 0.619. The van der Waals surface area contributed by atoms with Crippen LogP contribution in [0, 0.1) is 17.6 Å². The van der Waals surface area contributed by atoms with E-state index in [-0.39, 0.29) is 24.2 Å². The van der Waals surface area contributed by atoms with E-state index in [9.17, 15) is 26.7 Å². The van der Waals surface area contributed by atoms with Crippen molar-refractivity contribution in [2.45, 2.75) is 63.1 Å². The first-order valence-electron chi connectivity index (χ1n) is 10.5.